The molecule has 0 aromatic heterocycles. The summed E-state index contributed by atoms with van der Waals surface area (Å²) >= 11 is 0. The largest absolute Gasteiger partial charge is 0.309 e. The van der Waals surface area contributed by atoms with Crippen LogP contribution in [0.25, 0.3) is 11.1 Å². The van der Waals surface area contributed by atoms with Gasteiger partial charge in [0.1, 0.15) is 0 Å². The van der Waals surface area contributed by atoms with E-state index in [0.29, 0.717) is 11.8 Å². The number of amides is 1. The number of aliphatic imine (C=N–C) groups is 1. The van der Waals surface area contributed by atoms with Crippen molar-refractivity contribution in [2.45, 2.75) is 45.6 Å². The zero-order valence-corrected chi connectivity index (χ0v) is 14.6. The molecule has 0 bridgehead atoms. The fourth-order valence-corrected chi connectivity index (χ4v) is 3.97. The van der Waals surface area contributed by atoms with Crippen molar-refractivity contribution >= 4 is 23.5 Å². The molecule has 0 radical (unpaired) electrons. The molecule has 2 heterocycles. The summed E-state index contributed by atoms with van der Waals surface area (Å²) in [6.07, 6.45) is 2.01. The highest BCUT2D eigenvalue weighted by Gasteiger charge is 2.35. The van der Waals surface area contributed by atoms with Gasteiger partial charge in [0.25, 0.3) is 0 Å². The number of hydrogen-bond acceptors (Lipinski definition) is 2. The van der Waals surface area contributed by atoms with Gasteiger partial charge in [-0.15, -0.1) is 0 Å². The van der Waals surface area contributed by atoms with E-state index < -0.39 is 0 Å². The molecular weight excluding hydrogens is 296 g/mol. The highest BCUT2D eigenvalue weighted by Crippen LogP contribution is 2.43. The van der Waals surface area contributed by atoms with E-state index in [0.717, 1.165) is 11.4 Å². The number of nitrogens with zero attached hydrogens (tertiary/aromatic N) is 2. The molecule has 2 aromatic carbocycles. The minimum Gasteiger partial charge on any atom is -0.309 e. The van der Waals surface area contributed by atoms with Gasteiger partial charge in [-0.25, -0.2) is 0 Å². The first-order valence-corrected chi connectivity index (χ1v) is 8.59. The van der Waals surface area contributed by atoms with Crippen LogP contribution in [-0.2, 0) is 4.79 Å². The first-order valence-electron chi connectivity index (χ1n) is 8.59. The Kier molecular flexibility index (Phi) is 3.34. The lowest BCUT2D eigenvalue weighted by atomic mass is 9.93. The van der Waals surface area contributed by atoms with Gasteiger partial charge in [0.05, 0.1) is 5.69 Å². The van der Waals surface area contributed by atoms with Crippen LogP contribution in [0.1, 0.15) is 50.7 Å². The van der Waals surface area contributed by atoms with Crippen LogP contribution in [0.2, 0.25) is 0 Å². The number of rotatable bonds is 1. The van der Waals surface area contributed by atoms with Crippen LogP contribution >= 0.6 is 0 Å². The summed E-state index contributed by atoms with van der Waals surface area (Å²) < 4.78 is 0. The molecular formula is C21H22N2O. The summed E-state index contributed by atoms with van der Waals surface area (Å²) in [6, 6.07) is 13.2. The van der Waals surface area contributed by atoms with Crippen molar-refractivity contribution in [3.63, 3.8) is 0 Å². The van der Waals surface area contributed by atoms with Gasteiger partial charge >= 0.3 is 0 Å². The van der Waals surface area contributed by atoms with Gasteiger partial charge in [0.2, 0.25) is 5.91 Å². The molecule has 0 saturated carbocycles. The van der Waals surface area contributed by atoms with Crippen molar-refractivity contribution in [1.29, 1.82) is 0 Å². The van der Waals surface area contributed by atoms with E-state index in [1.807, 2.05) is 11.1 Å². The number of carbonyl (C=O) groups excluding carboxylic acids is 1. The second-order valence-corrected chi connectivity index (χ2v) is 7.03. The molecule has 2 aromatic rings. The Morgan fingerprint density at radius 3 is 2.38 bits per heavy atom. The standard InChI is InChI=1S/C21H22N2O/c1-12-11-22-20-7-5-16(9-18(12)20)17-6-8-21-19(10-17)13(2)14(3)23(21)15(4)24/h5-14H,1-4H3. The Morgan fingerprint density at radius 2 is 1.67 bits per heavy atom. The van der Waals surface area contributed by atoms with Gasteiger partial charge in [-0.1, -0.05) is 26.0 Å². The molecule has 2 aliphatic rings. The second-order valence-electron chi connectivity index (χ2n) is 7.03. The van der Waals surface area contributed by atoms with Crippen LogP contribution in [0.15, 0.2) is 41.4 Å². The molecule has 3 heteroatoms. The van der Waals surface area contributed by atoms with Crippen LogP contribution in [0.4, 0.5) is 11.4 Å². The maximum absolute atomic E-state index is 12.0. The Bertz CT molecular complexity index is 868. The zero-order chi connectivity index (χ0) is 17.0. The molecule has 122 valence electrons. The number of benzene rings is 2. The smallest absolute Gasteiger partial charge is 0.224 e. The maximum Gasteiger partial charge on any atom is 0.224 e. The Hall–Kier alpha value is -2.42. The van der Waals surface area contributed by atoms with E-state index in [-0.39, 0.29) is 11.9 Å². The molecule has 3 atom stereocenters. The third kappa shape index (κ3) is 2.11. The fourth-order valence-electron chi connectivity index (χ4n) is 3.97. The number of anilines is 1. The summed E-state index contributed by atoms with van der Waals surface area (Å²) in [4.78, 5) is 18.4. The van der Waals surface area contributed by atoms with Crippen molar-refractivity contribution < 1.29 is 4.79 Å². The lowest BCUT2D eigenvalue weighted by molar-refractivity contribution is -0.116. The van der Waals surface area contributed by atoms with E-state index in [4.69, 9.17) is 0 Å². The third-order valence-electron chi connectivity index (χ3n) is 5.54. The Balaban J connectivity index is 1.78. The highest BCUT2D eigenvalue weighted by molar-refractivity contribution is 5.95. The predicted molar refractivity (Wildman–Crippen MR) is 99.5 cm³/mol. The van der Waals surface area contributed by atoms with Gasteiger partial charge < -0.3 is 4.90 Å². The van der Waals surface area contributed by atoms with Crippen LogP contribution in [0.3, 0.4) is 0 Å². The number of fused-ring (bicyclic) bond motifs is 2. The summed E-state index contributed by atoms with van der Waals surface area (Å²) in [5.74, 6) is 0.839. The van der Waals surface area contributed by atoms with E-state index >= 15 is 0 Å². The van der Waals surface area contributed by atoms with Gasteiger partial charge in [-0.05, 0) is 53.4 Å². The van der Waals surface area contributed by atoms with Gasteiger partial charge in [-0.3, -0.25) is 9.79 Å². The molecule has 0 N–H and O–H groups in total. The van der Waals surface area contributed by atoms with Crippen LogP contribution in [-0.4, -0.2) is 18.2 Å². The highest BCUT2D eigenvalue weighted by atomic mass is 16.2. The van der Waals surface area contributed by atoms with Crippen molar-refractivity contribution in [3.05, 3.63) is 47.5 Å². The minimum atomic E-state index is 0.115. The van der Waals surface area contributed by atoms with E-state index in [1.54, 1.807) is 6.92 Å². The average Bonchev–Trinajstić information content (AvgIpc) is 3.06. The summed E-state index contributed by atoms with van der Waals surface area (Å²) in [5.41, 5.74) is 7.12. The normalized spacial score (nSPS) is 24.2. The Labute approximate surface area is 143 Å². The van der Waals surface area contributed by atoms with Crippen molar-refractivity contribution in [2.24, 2.45) is 4.99 Å². The quantitative estimate of drug-likeness (QED) is 0.725. The van der Waals surface area contributed by atoms with Gasteiger partial charge in [0.15, 0.2) is 0 Å². The second kappa shape index (κ2) is 5.30. The third-order valence-corrected chi connectivity index (χ3v) is 5.54. The molecule has 0 fully saturated rings. The first-order chi connectivity index (χ1) is 11.5. The number of hydrogen-bond donors (Lipinski definition) is 0. The molecule has 24 heavy (non-hydrogen) atoms. The van der Waals surface area contributed by atoms with Crippen molar-refractivity contribution in [2.75, 3.05) is 4.90 Å². The molecule has 2 aliphatic heterocycles. The average molecular weight is 318 g/mol. The van der Waals surface area contributed by atoms with Gasteiger partial charge in [0, 0.05) is 36.7 Å². The molecule has 1 amide bonds. The molecule has 0 aliphatic carbocycles. The predicted octanol–water partition coefficient (Wildman–Crippen LogP) is 5.03. The van der Waals surface area contributed by atoms with E-state index in [2.05, 4.69) is 62.2 Å². The lowest BCUT2D eigenvalue weighted by Gasteiger charge is -2.22. The van der Waals surface area contributed by atoms with E-state index in [1.165, 1.54) is 22.3 Å². The molecule has 3 nitrogen and oxygen atoms in total. The van der Waals surface area contributed by atoms with Crippen LogP contribution < -0.4 is 4.90 Å². The summed E-state index contributed by atoms with van der Waals surface area (Å²) in [6.45, 7) is 8.15. The van der Waals surface area contributed by atoms with Crippen molar-refractivity contribution in [3.8, 4) is 11.1 Å². The molecule has 4 rings (SSSR count). The lowest BCUT2D eigenvalue weighted by Crippen LogP contribution is -2.34. The number of carbonyl (C=O) groups is 1. The van der Waals surface area contributed by atoms with E-state index in [9.17, 15) is 4.79 Å². The maximum atomic E-state index is 12.0. The van der Waals surface area contributed by atoms with Crippen LogP contribution in [0.5, 0.6) is 0 Å². The SMILES string of the molecule is CC(=O)N1c2ccc(-c3ccc4c(c3)C(C)C=N4)cc2C(C)C1C. The molecule has 0 saturated heterocycles. The zero-order valence-electron chi connectivity index (χ0n) is 14.6. The minimum absolute atomic E-state index is 0.115. The molecule has 3 unspecified atom stereocenters. The van der Waals surface area contributed by atoms with Gasteiger partial charge in [-0.2, -0.15) is 0 Å². The van der Waals surface area contributed by atoms with Crippen molar-refractivity contribution in [1.82, 2.24) is 0 Å². The Morgan fingerprint density at radius 1 is 1.00 bits per heavy atom. The fraction of sp³-hybridized carbons (Fsp3) is 0.333. The first kappa shape index (κ1) is 15.1. The monoisotopic (exact) mass is 318 g/mol. The summed E-state index contributed by atoms with van der Waals surface area (Å²) in [7, 11) is 0. The topological polar surface area (TPSA) is 32.7 Å². The molecule has 0 spiro atoms. The van der Waals surface area contributed by atoms with Crippen LogP contribution in [0, 0.1) is 0 Å². The summed E-state index contributed by atoms with van der Waals surface area (Å²) in [5, 5.41) is 0.